The largest absolute Gasteiger partial charge is 0.493 e. The quantitative estimate of drug-likeness (QED) is 0.710. The SMILES string of the molecule is [C-]#[N+]CC(O)c1ccc(OCCN(CC)CC)c(OC)c1. The van der Waals surface area contributed by atoms with Crippen LogP contribution in [-0.4, -0.2) is 49.9 Å². The van der Waals surface area contributed by atoms with Gasteiger partial charge in [-0.15, -0.1) is 0 Å². The first-order valence-corrected chi connectivity index (χ1v) is 7.20. The van der Waals surface area contributed by atoms with E-state index in [1.807, 2.05) is 0 Å². The molecule has 1 aromatic carbocycles. The second-order valence-electron chi connectivity index (χ2n) is 4.64. The molecule has 0 aromatic heterocycles. The van der Waals surface area contributed by atoms with Crippen molar-refractivity contribution in [2.45, 2.75) is 20.0 Å². The molecule has 0 aliphatic rings. The van der Waals surface area contributed by atoms with Crippen molar-refractivity contribution in [3.05, 3.63) is 35.2 Å². The molecule has 0 amide bonds. The fourth-order valence-corrected chi connectivity index (χ4v) is 2.03. The number of ether oxygens (including phenoxy) is 2. The summed E-state index contributed by atoms with van der Waals surface area (Å²) in [5, 5.41) is 9.83. The van der Waals surface area contributed by atoms with E-state index in [0.29, 0.717) is 23.7 Å². The summed E-state index contributed by atoms with van der Waals surface area (Å²) >= 11 is 0. The number of benzene rings is 1. The molecule has 0 aliphatic carbocycles. The molecule has 0 radical (unpaired) electrons. The van der Waals surface area contributed by atoms with E-state index in [1.54, 1.807) is 25.3 Å². The maximum atomic E-state index is 9.83. The van der Waals surface area contributed by atoms with Gasteiger partial charge in [0.25, 0.3) is 0 Å². The molecule has 5 nitrogen and oxygen atoms in total. The molecule has 0 saturated carbocycles. The van der Waals surface area contributed by atoms with Crippen LogP contribution in [0.25, 0.3) is 4.85 Å². The summed E-state index contributed by atoms with van der Waals surface area (Å²) in [7, 11) is 1.57. The van der Waals surface area contributed by atoms with Crippen molar-refractivity contribution in [2.75, 3.05) is 39.9 Å². The number of hydrogen-bond donors (Lipinski definition) is 1. The third-order valence-electron chi connectivity index (χ3n) is 3.40. The number of rotatable bonds is 9. The molecule has 0 fully saturated rings. The highest BCUT2D eigenvalue weighted by atomic mass is 16.5. The van der Waals surface area contributed by atoms with Crippen LogP contribution < -0.4 is 9.47 Å². The predicted molar refractivity (Wildman–Crippen MR) is 82.7 cm³/mol. The lowest BCUT2D eigenvalue weighted by atomic mass is 10.1. The second-order valence-corrected chi connectivity index (χ2v) is 4.64. The molecule has 5 heteroatoms. The van der Waals surface area contributed by atoms with Crippen molar-refractivity contribution in [1.29, 1.82) is 0 Å². The summed E-state index contributed by atoms with van der Waals surface area (Å²) in [5.74, 6) is 1.24. The molecule has 0 bridgehead atoms. The van der Waals surface area contributed by atoms with Gasteiger partial charge in [-0.25, -0.2) is 6.57 Å². The minimum absolute atomic E-state index is 0.0469. The molecule has 0 spiro atoms. The van der Waals surface area contributed by atoms with E-state index in [0.717, 1.165) is 19.6 Å². The van der Waals surface area contributed by atoms with Gasteiger partial charge in [-0.05, 0) is 30.8 Å². The smallest absolute Gasteiger partial charge is 0.244 e. The number of likely N-dealkylation sites (N-methyl/N-ethyl adjacent to an activating group) is 1. The molecule has 0 saturated heterocycles. The van der Waals surface area contributed by atoms with Gasteiger partial charge in [0.05, 0.1) is 7.11 Å². The predicted octanol–water partition coefficient (Wildman–Crippen LogP) is 2.37. The summed E-state index contributed by atoms with van der Waals surface area (Å²) in [6, 6.07) is 5.28. The van der Waals surface area contributed by atoms with Gasteiger partial charge in [0.1, 0.15) is 6.61 Å². The molecule has 1 rings (SSSR count). The maximum Gasteiger partial charge on any atom is 0.244 e. The molecule has 0 aliphatic heterocycles. The Labute approximate surface area is 126 Å². The minimum Gasteiger partial charge on any atom is -0.493 e. The minimum atomic E-state index is -0.791. The Hall–Kier alpha value is -1.77. The van der Waals surface area contributed by atoms with Gasteiger partial charge in [-0.3, -0.25) is 0 Å². The van der Waals surface area contributed by atoms with Crippen LogP contribution in [0.15, 0.2) is 18.2 Å². The Morgan fingerprint density at radius 2 is 2.00 bits per heavy atom. The fourth-order valence-electron chi connectivity index (χ4n) is 2.03. The van der Waals surface area contributed by atoms with Crippen molar-refractivity contribution in [2.24, 2.45) is 0 Å². The van der Waals surface area contributed by atoms with Crippen molar-refractivity contribution in [3.63, 3.8) is 0 Å². The van der Waals surface area contributed by atoms with E-state index in [1.165, 1.54) is 0 Å². The van der Waals surface area contributed by atoms with E-state index in [-0.39, 0.29) is 6.54 Å². The molecular formula is C16H24N2O3. The number of methoxy groups -OCH3 is 1. The molecule has 1 unspecified atom stereocenters. The van der Waals surface area contributed by atoms with Crippen LogP contribution >= 0.6 is 0 Å². The van der Waals surface area contributed by atoms with Crippen molar-refractivity contribution < 1.29 is 14.6 Å². The zero-order chi connectivity index (χ0) is 15.7. The van der Waals surface area contributed by atoms with Gasteiger partial charge in [-0.1, -0.05) is 19.9 Å². The molecule has 0 heterocycles. The van der Waals surface area contributed by atoms with Crippen LogP contribution in [0.1, 0.15) is 25.5 Å². The molecular weight excluding hydrogens is 268 g/mol. The van der Waals surface area contributed by atoms with Crippen molar-refractivity contribution in [3.8, 4) is 11.5 Å². The van der Waals surface area contributed by atoms with E-state index < -0.39 is 6.10 Å². The van der Waals surface area contributed by atoms with Gasteiger partial charge in [0.15, 0.2) is 17.6 Å². The van der Waals surface area contributed by atoms with Crippen LogP contribution in [0, 0.1) is 6.57 Å². The Bertz CT molecular complexity index is 467. The van der Waals surface area contributed by atoms with E-state index in [2.05, 4.69) is 23.6 Å². The Balaban J connectivity index is 2.69. The topological polar surface area (TPSA) is 46.3 Å². The highest BCUT2D eigenvalue weighted by molar-refractivity contribution is 5.43. The van der Waals surface area contributed by atoms with Crippen LogP contribution in [0.4, 0.5) is 0 Å². The van der Waals surface area contributed by atoms with Crippen LogP contribution in [0.2, 0.25) is 0 Å². The summed E-state index contributed by atoms with van der Waals surface area (Å²) in [4.78, 5) is 5.48. The number of nitrogens with zero attached hydrogens (tertiary/aromatic N) is 2. The maximum absolute atomic E-state index is 9.83. The van der Waals surface area contributed by atoms with E-state index >= 15 is 0 Å². The zero-order valence-electron chi connectivity index (χ0n) is 13.0. The molecule has 1 aromatic rings. The van der Waals surface area contributed by atoms with E-state index in [4.69, 9.17) is 16.0 Å². The summed E-state index contributed by atoms with van der Waals surface area (Å²) in [5.41, 5.74) is 0.666. The third-order valence-corrected chi connectivity index (χ3v) is 3.40. The van der Waals surface area contributed by atoms with Crippen LogP contribution in [0.3, 0.4) is 0 Å². The Morgan fingerprint density at radius 1 is 1.29 bits per heavy atom. The highest BCUT2D eigenvalue weighted by Gasteiger charge is 2.14. The first kappa shape index (κ1) is 17.3. The number of aliphatic hydroxyl groups excluding tert-OH is 1. The van der Waals surface area contributed by atoms with Gasteiger partial charge >= 0.3 is 0 Å². The van der Waals surface area contributed by atoms with Crippen molar-refractivity contribution in [1.82, 2.24) is 4.90 Å². The van der Waals surface area contributed by atoms with Crippen LogP contribution in [-0.2, 0) is 0 Å². The second kappa shape index (κ2) is 9.22. The van der Waals surface area contributed by atoms with Crippen LogP contribution in [0.5, 0.6) is 11.5 Å². The first-order chi connectivity index (χ1) is 10.2. The van der Waals surface area contributed by atoms with Gasteiger partial charge in [-0.2, -0.15) is 0 Å². The molecule has 116 valence electrons. The number of aliphatic hydroxyl groups is 1. The lowest BCUT2D eigenvalue weighted by Crippen LogP contribution is -2.27. The average Bonchev–Trinajstić information content (AvgIpc) is 2.51. The lowest BCUT2D eigenvalue weighted by Gasteiger charge is -2.19. The fraction of sp³-hybridized carbons (Fsp3) is 0.562. The molecule has 21 heavy (non-hydrogen) atoms. The molecule has 1 atom stereocenters. The third kappa shape index (κ3) is 5.25. The van der Waals surface area contributed by atoms with Gasteiger partial charge in [0, 0.05) is 6.54 Å². The average molecular weight is 292 g/mol. The normalized spacial score (nSPS) is 12.0. The lowest BCUT2D eigenvalue weighted by molar-refractivity contribution is 0.194. The summed E-state index contributed by atoms with van der Waals surface area (Å²) < 4.78 is 11.0. The molecule has 1 N–H and O–H groups in total. The standard InChI is InChI=1S/C16H24N2O3/c1-5-18(6-2)9-10-21-15-8-7-13(11-16(15)20-4)14(19)12-17-3/h7-8,11,14,19H,5-6,9-10,12H2,1-2,4H3. The zero-order valence-corrected chi connectivity index (χ0v) is 13.0. The number of hydrogen-bond acceptors (Lipinski definition) is 4. The van der Waals surface area contributed by atoms with Gasteiger partial charge < -0.3 is 24.3 Å². The van der Waals surface area contributed by atoms with Crippen molar-refractivity contribution >= 4 is 0 Å². The monoisotopic (exact) mass is 292 g/mol. The Kier molecular flexibility index (Phi) is 7.59. The Morgan fingerprint density at radius 3 is 2.57 bits per heavy atom. The summed E-state index contributed by atoms with van der Waals surface area (Å²) in [6.07, 6.45) is -0.791. The first-order valence-electron chi connectivity index (χ1n) is 7.20. The highest BCUT2D eigenvalue weighted by Crippen LogP contribution is 2.30. The van der Waals surface area contributed by atoms with E-state index in [9.17, 15) is 5.11 Å². The van der Waals surface area contributed by atoms with Gasteiger partial charge in [0.2, 0.25) is 6.54 Å². The summed E-state index contributed by atoms with van der Waals surface area (Å²) in [6.45, 7) is 14.5.